The molecule has 0 amide bonds. The van der Waals surface area contributed by atoms with Crippen LogP contribution < -0.4 is 0 Å². The van der Waals surface area contributed by atoms with Crippen LogP contribution in [0.2, 0.25) is 0 Å². The molecule has 0 aromatic rings. The van der Waals surface area contributed by atoms with E-state index in [-0.39, 0.29) is 0 Å². The molecule has 3 aliphatic rings. The Kier molecular flexibility index (Phi) is 6.21. The van der Waals surface area contributed by atoms with Gasteiger partial charge in [0.2, 0.25) is 0 Å². The van der Waals surface area contributed by atoms with Crippen molar-refractivity contribution in [1.29, 1.82) is 0 Å². The molecule has 3 heteroatoms. The third kappa shape index (κ3) is 3.27. The summed E-state index contributed by atoms with van der Waals surface area (Å²) in [6, 6.07) is 0. The van der Waals surface area contributed by atoms with Crippen LogP contribution in [0.3, 0.4) is 0 Å². The summed E-state index contributed by atoms with van der Waals surface area (Å²) >= 11 is -0.826. The quantitative estimate of drug-likeness (QED) is 0.683. The van der Waals surface area contributed by atoms with Gasteiger partial charge in [-0.15, -0.1) is 0 Å². The average Bonchev–Trinajstić information content (AvgIpc) is 2.95. The van der Waals surface area contributed by atoms with E-state index in [0.29, 0.717) is 5.92 Å². The maximum atomic E-state index is 4.93. The van der Waals surface area contributed by atoms with Gasteiger partial charge in [0.05, 0.1) is 0 Å². The van der Waals surface area contributed by atoms with Crippen molar-refractivity contribution >= 4 is 17.0 Å². The van der Waals surface area contributed by atoms with Crippen LogP contribution in [0, 0.1) is 68.6 Å². The number of hydrogen-bond donors (Lipinski definition) is 0. The minimum atomic E-state index is -0.826. The van der Waals surface area contributed by atoms with Crippen LogP contribution in [0.25, 0.3) is 0 Å². The van der Waals surface area contributed by atoms with Gasteiger partial charge in [0.25, 0.3) is 0 Å². The van der Waals surface area contributed by atoms with Crippen molar-refractivity contribution in [1.82, 2.24) is 0 Å². The van der Waals surface area contributed by atoms with Gasteiger partial charge >= 0.3 is 37.9 Å². The summed E-state index contributed by atoms with van der Waals surface area (Å²) in [4.78, 5) is 0. The van der Waals surface area contributed by atoms with Gasteiger partial charge in [0, 0.05) is 0 Å². The van der Waals surface area contributed by atoms with Gasteiger partial charge in [-0.25, -0.2) is 0 Å². The second-order valence-electron chi connectivity index (χ2n) is 3.89. The first-order valence-corrected chi connectivity index (χ1v) is 11.6. The van der Waals surface area contributed by atoms with E-state index in [4.69, 9.17) is 17.0 Å². The first-order valence-electron chi connectivity index (χ1n) is 5.29. The molecule has 0 aliphatic heterocycles. The predicted molar refractivity (Wildman–Crippen MR) is 64.3 cm³/mol. The van der Waals surface area contributed by atoms with Crippen LogP contribution in [0.4, 0.5) is 0 Å². The van der Waals surface area contributed by atoms with Crippen LogP contribution in [-0.2, 0) is 20.8 Å². The zero-order chi connectivity index (χ0) is 11.4. The summed E-state index contributed by atoms with van der Waals surface area (Å²) in [5, 5.41) is 0. The number of hydrogen-bond acceptors (Lipinski definition) is 0. The van der Waals surface area contributed by atoms with Gasteiger partial charge in [-0.2, -0.15) is 0 Å². The maximum absolute atomic E-state index is 4.93. The van der Waals surface area contributed by atoms with Gasteiger partial charge in [0.15, 0.2) is 0 Å². The molecule has 10 radical (unpaired) electrons. The summed E-state index contributed by atoms with van der Waals surface area (Å²) < 4.78 is 0. The number of rotatable bonds is 1. The van der Waals surface area contributed by atoms with Gasteiger partial charge in [-0.3, -0.25) is 0 Å². The van der Waals surface area contributed by atoms with E-state index in [1.54, 1.807) is 11.8 Å². The molecular weight excluding hydrogens is 318 g/mol. The molecule has 3 rings (SSSR count). The molecule has 0 N–H and O–H groups in total. The van der Waals surface area contributed by atoms with Crippen molar-refractivity contribution < 1.29 is 20.8 Å². The van der Waals surface area contributed by atoms with E-state index < -0.39 is 20.8 Å². The first kappa shape index (κ1) is 13.9. The Balaban J connectivity index is 0.000000292. The zero-order valence-corrected chi connectivity index (χ0v) is 12.8. The van der Waals surface area contributed by atoms with Gasteiger partial charge < -0.3 is 0 Å². The Hall–Kier alpha value is 1.46. The zero-order valence-electron chi connectivity index (χ0n) is 8.79. The fourth-order valence-electron chi connectivity index (χ4n) is 2.46. The second-order valence-corrected chi connectivity index (χ2v) is 7.62. The Labute approximate surface area is 119 Å². The van der Waals surface area contributed by atoms with Crippen molar-refractivity contribution in [3.05, 3.63) is 62.7 Å². The van der Waals surface area contributed by atoms with Crippen molar-refractivity contribution in [3.63, 3.8) is 0 Å². The minimum absolute atomic E-state index is 0.681. The van der Waals surface area contributed by atoms with Crippen molar-refractivity contribution in [2.24, 2.45) is 5.92 Å². The molecule has 0 nitrogen and oxygen atoms in total. The standard InChI is InChI=1S/C13H12.2ClH.Zr/c1-2-5-10(4-1)13-9-8-11-6-3-7-12(11)13;;;/h1-7,13H,8-9H2;2*1H;/q;;;+4/p-2. The van der Waals surface area contributed by atoms with Crippen molar-refractivity contribution in [2.75, 3.05) is 0 Å². The topological polar surface area (TPSA) is 0 Å². The number of halogens is 2. The van der Waals surface area contributed by atoms with Crippen LogP contribution in [-0.4, -0.2) is 0 Å². The monoisotopic (exact) mass is 328 g/mol. The summed E-state index contributed by atoms with van der Waals surface area (Å²) in [7, 11) is 9.87. The molecular formula is C13H12Cl2Zr+2. The van der Waals surface area contributed by atoms with E-state index >= 15 is 0 Å². The molecule has 0 aromatic heterocycles. The van der Waals surface area contributed by atoms with E-state index in [1.165, 1.54) is 18.8 Å². The van der Waals surface area contributed by atoms with E-state index in [1.807, 2.05) is 0 Å². The van der Waals surface area contributed by atoms with Gasteiger partial charge in [0.1, 0.15) is 0 Å². The molecule has 0 heterocycles. The third-order valence-corrected chi connectivity index (χ3v) is 3.11. The number of fused-ring (bicyclic) bond motifs is 1. The Morgan fingerprint density at radius 1 is 1.00 bits per heavy atom. The molecule has 0 bridgehead atoms. The molecule has 3 aliphatic carbocycles. The molecule has 1 atom stereocenters. The normalized spacial score (nSPS) is 31.0. The SMILES string of the molecule is [CH]1[CH][CH][C](C2CC[C]3[CH][CH][CH][C]32)[CH]1.[Cl][Zr+2][Cl]. The van der Waals surface area contributed by atoms with E-state index in [9.17, 15) is 0 Å². The summed E-state index contributed by atoms with van der Waals surface area (Å²) in [6.07, 6.45) is 18.0. The molecule has 3 saturated carbocycles. The average molecular weight is 330 g/mol. The molecule has 3 fully saturated rings. The molecule has 0 spiro atoms. The fraction of sp³-hybridized carbons (Fsp3) is 0.231. The van der Waals surface area contributed by atoms with Crippen LogP contribution in [0.15, 0.2) is 0 Å². The predicted octanol–water partition coefficient (Wildman–Crippen LogP) is 3.95. The van der Waals surface area contributed by atoms with Crippen LogP contribution in [0.1, 0.15) is 12.8 Å². The Bertz CT molecular complexity index is 204. The van der Waals surface area contributed by atoms with Crippen molar-refractivity contribution in [2.45, 2.75) is 12.8 Å². The third-order valence-electron chi connectivity index (χ3n) is 3.11. The first-order chi connectivity index (χ1) is 7.86. The summed E-state index contributed by atoms with van der Waals surface area (Å²) in [5.74, 6) is 5.29. The van der Waals surface area contributed by atoms with Crippen molar-refractivity contribution in [3.8, 4) is 0 Å². The van der Waals surface area contributed by atoms with E-state index in [2.05, 4.69) is 44.9 Å². The molecule has 16 heavy (non-hydrogen) atoms. The van der Waals surface area contributed by atoms with Crippen LogP contribution >= 0.6 is 17.0 Å². The van der Waals surface area contributed by atoms with Gasteiger partial charge in [-0.05, 0) is 81.5 Å². The van der Waals surface area contributed by atoms with E-state index in [0.717, 1.165) is 0 Å². The molecule has 1 unspecified atom stereocenters. The summed E-state index contributed by atoms with van der Waals surface area (Å²) in [5.41, 5.74) is 0. The Morgan fingerprint density at radius 2 is 1.69 bits per heavy atom. The molecule has 0 saturated heterocycles. The fourth-order valence-corrected chi connectivity index (χ4v) is 2.46. The summed E-state index contributed by atoms with van der Waals surface area (Å²) in [6.45, 7) is 0. The Morgan fingerprint density at radius 3 is 2.38 bits per heavy atom. The van der Waals surface area contributed by atoms with Crippen LogP contribution in [0.5, 0.6) is 0 Å². The second kappa shape index (κ2) is 7.15. The molecule has 0 aromatic carbocycles. The van der Waals surface area contributed by atoms with Gasteiger partial charge in [-0.1, -0.05) is 0 Å². The molecule has 80 valence electrons.